The fourth-order valence-corrected chi connectivity index (χ4v) is 3.28. The monoisotopic (exact) mass is 447 g/mol. The van der Waals surface area contributed by atoms with Crippen molar-refractivity contribution in [2.24, 2.45) is 0 Å². The van der Waals surface area contributed by atoms with E-state index in [1.165, 1.54) is 4.90 Å². The van der Waals surface area contributed by atoms with E-state index in [1.807, 2.05) is 60.7 Å². The number of hydrogen-bond acceptors (Lipinski definition) is 6. The molecule has 3 rings (SSSR count). The van der Waals surface area contributed by atoms with Crippen LogP contribution in [0.15, 0.2) is 91.0 Å². The van der Waals surface area contributed by atoms with Gasteiger partial charge in [0.05, 0.1) is 13.1 Å². The normalized spacial score (nSPS) is 11.5. The summed E-state index contributed by atoms with van der Waals surface area (Å²) in [5, 5.41) is 9.89. The number of ether oxygens (including phenoxy) is 2. The van der Waals surface area contributed by atoms with Crippen molar-refractivity contribution in [2.45, 2.75) is 19.3 Å². The van der Waals surface area contributed by atoms with Crippen LogP contribution in [0.25, 0.3) is 0 Å². The highest BCUT2D eigenvalue weighted by atomic mass is 16.5. The van der Waals surface area contributed by atoms with Crippen molar-refractivity contribution < 1.29 is 29.0 Å². The second-order valence-electron chi connectivity index (χ2n) is 7.35. The first-order valence-electron chi connectivity index (χ1n) is 10.4. The zero-order chi connectivity index (χ0) is 23.5. The van der Waals surface area contributed by atoms with Gasteiger partial charge in [0, 0.05) is 0 Å². The molecular formula is C26H25NO6. The lowest BCUT2D eigenvalue weighted by molar-refractivity contribution is -0.154. The molecule has 0 bridgehead atoms. The Morgan fingerprint density at radius 2 is 1.06 bits per heavy atom. The van der Waals surface area contributed by atoms with E-state index in [0.29, 0.717) is 5.56 Å². The fraction of sp³-hybridized carbons (Fsp3) is 0.192. The molecule has 0 amide bonds. The van der Waals surface area contributed by atoms with E-state index in [4.69, 9.17) is 9.47 Å². The van der Waals surface area contributed by atoms with Gasteiger partial charge in [-0.15, -0.1) is 0 Å². The third-order valence-corrected chi connectivity index (χ3v) is 4.86. The Morgan fingerprint density at radius 1 is 0.667 bits per heavy atom. The fourth-order valence-electron chi connectivity index (χ4n) is 3.28. The molecule has 0 radical (unpaired) electrons. The first kappa shape index (κ1) is 23.7. The second-order valence-corrected chi connectivity index (χ2v) is 7.35. The van der Waals surface area contributed by atoms with Gasteiger partial charge in [-0.05, 0) is 16.7 Å². The van der Waals surface area contributed by atoms with E-state index in [0.717, 1.165) is 11.1 Å². The number of benzene rings is 3. The third kappa shape index (κ3) is 7.59. The van der Waals surface area contributed by atoms with Crippen molar-refractivity contribution in [3.05, 3.63) is 108 Å². The molecule has 7 nitrogen and oxygen atoms in total. The van der Waals surface area contributed by atoms with Gasteiger partial charge in [0.2, 0.25) is 0 Å². The molecule has 0 aromatic heterocycles. The molecule has 7 heteroatoms. The van der Waals surface area contributed by atoms with E-state index in [-0.39, 0.29) is 26.3 Å². The summed E-state index contributed by atoms with van der Waals surface area (Å²) in [5.74, 6) is -2.47. The van der Waals surface area contributed by atoms with E-state index in [2.05, 4.69) is 0 Å². The van der Waals surface area contributed by atoms with Crippen molar-refractivity contribution in [3.8, 4) is 0 Å². The molecule has 3 aromatic carbocycles. The minimum atomic E-state index is -1.22. The molecule has 170 valence electrons. The van der Waals surface area contributed by atoms with Gasteiger partial charge in [-0.2, -0.15) is 0 Å². The maximum atomic E-state index is 12.5. The van der Waals surface area contributed by atoms with E-state index < -0.39 is 23.9 Å². The summed E-state index contributed by atoms with van der Waals surface area (Å²) in [6.45, 7) is -0.678. The lowest BCUT2D eigenvalue weighted by Gasteiger charge is -2.27. The Labute approximate surface area is 192 Å². The zero-order valence-corrected chi connectivity index (χ0v) is 18.0. The van der Waals surface area contributed by atoms with Crippen LogP contribution in [-0.4, -0.2) is 41.0 Å². The minimum Gasteiger partial charge on any atom is -0.480 e. The van der Waals surface area contributed by atoms with Gasteiger partial charge < -0.3 is 14.6 Å². The maximum Gasteiger partial charge on any atom is 0.325 e. The highest BCUT2D eigenvalue weighted by Gasteiger charge is 2.31. The highest BCUT2D eigenvalue weighted by molar-refractivity contribution is 5.80. The lowest BCUT2D eigenvalue weighted by atomic mass is 10.1. The molecule has 1 unspecified atom stereocenters. The largest absolute Gasteiger partial charge is 0.480 e. The Hall–Kier alpha value is -3.97. The molecule has 3 aromatic rings. The molecule has 1 atom stereocenters. The van der Waals surface area contributed by atoms with Gasteiger partial charge in [0.1, 0.15) is 19.3 Å². The molecule has 33 heavy (non-hydrogen) atoms. The summed E-state index contributed by atoms with van der Waals surface area (Å²) in [5.41, 5.74) is 2.05. The topological polar surface area (TPSA) is 93.1 Å². The van der Waals surface area contributed by atoms with Crippen LogP contribution in [0.3, 0.4) is 0 Å². The molecule has 1 N–H and O–H groups in total. The summed E-state index contributed by atoms with van der Waals surface area (Å²) in [6.07, 6.45) is 0. The van der Waals surface area contributed by atoms with Gasteiger partial charge in [0.15, 0.2) is 0 Å². The predicted octanol–water partition coefficient (Wildman–Crippen LogP) is 3.60. The average Bonchev–Trinajstić information content (AvgIpc) is 2.83. The first-order chi connectivity index (χ1) is 16.0. The van der Waals surface area contributed by atoms with Crippen LogP contribution in [0.4, 0.5) is 0 Å². The lowest BCUT2D eigenvalue weighted by Crippen LogP contribution is -2.42. The average molecular weight is 447 g/mol. The maximum absolute atomic E-state index is 12.5. The van der Waals surface area contributed by atoms with Crippen molar-refractivity contribution in [3.63, 3.8) is 0 Å². The second kappa shape index (κ2) is 12.2. The van der Waals surface area contributed by atoms with Crippen molar-refractivity contribution >= 4 is 17.9 Å². The quantitative estimate of drug-likeness (QED) is 0.449. The summed E-state index contributed by atoms with van der Waals surface area (Å²) >= 11 is 0. The van der Waals surface area contributed by atoms with Crippen LogP contribution in [0.5, 0.6) is 0 Å². The first-order valence-corrected chi connectivity index (χ1v) is 10.4. The number of rotatable bonds is 11. The molecule has 0 aliphatic carbocycles. The summed E-state index contributed by atoms with van der Waals surface area (Å²) in [4.78, 5) is 38.4. The summed E-state index contributed by atoms with van der Waals surface area (Å²) < 4.78 is 10.6. The van der Waals surface area contributed by atoms with Crippen LogP contribution in [-0.2, 0) is 37.1 Å². The van der Waals surface area contributed by atoms with Crippen molar-refractivity contribution in [2.75, 3.05) is 13.1 Å². The zero-order valence-electron chi connectivity index (χ0n) is 18.0. The van der Waals surface area contributed by atoms with Gasteiger partial charge >= 0.3 is 17.9 Å². The molecule has 0 spiro atoms. The predicted molar refractivity (Wildman–Crippen MR) is 121 cm³/mol. The van der Waals surface area contributed by atoms with Gasteiger partial charge in [-0.1, -0.05) is 91.0 Å². The van der Waals surface area contributed by atoms with Crippen molar-refractivity contribution in [1.82, 2.24) is 4.90 Å². The number of carbonyl (C=O) groups is 3. The Balaban J connectivity index is 1.70. The van der Waals surface area contributed by atoms with E-state index in [9.17, 15) is 19.5 Å². The van der Waals surface area contributed by atoms with Crippen LogP contribution >= 0.6 is 0 Å². The molecule has 0 aliphatic rings. The standard InChI is InChI=1S/C26H25NO6/c28-23(32-18-20-10-4-1-5-11-20)16-27(25(26(30)31)22-14-8-3-9-15-22)17-24(29)33-19-21-12-6-2-7-13-21/h1-15,25H,16-19H2,(H,30,31). The number of carboxylic acid groups (broad SMARTS) is 1. The third-order valence-electron chi connectivity index (χ3n) is 4.86. The van der Waals surface area contributed by atoms with E-state index in [1.54, 1.807) is 30.3 Å². The number of aliphatic carboxylic acids is 1. The molecular weight excluding hydrogens is 422 g/mol. The van der Waals surface area contributed by atoms with Gasteiger partial charge in [0.25, 0.3) is 0 Å². The molecule has 0 heterocycles. The highest BCUT2D eigenvalue weighted by Crippen LogP contribution is 2.21. The van der Waals surface area contributed by atoms with Gasteiger partial charge in [-0.25, -0.2) is 0 Å². The van der Waals surface area contributed by atoms with Crippen molar-refractivity contribution in [1.29, 1.82) is 0 Å². The molecule has 0 saturated carbocycles. The Bertz CT molecular complexity index is 983. The number of hydrogen-bond donors (Lipinski definition) is 1. The van der Waals surface area contributed by atoms with E-state index >= 15 is 0 Å². The number of carboxylic acids is 1. The SMILES string of the molecule is O=C(CN(CC(=O)OCc1ccccc1)C(C(=O)O)c1ccccc1)OCc1ccccc1. The van der Waals surface area contributed by atoms with Crippen LogP contribution < -0.4 is 0 Å². The molecule has 0 fully saturated rings. The Morgan fingerprint density at radius 3 is 1.45 bits per heavy atom. The van der Waals surface area contributed by atoms with Crippen LogP contribution in [0, 0.1) is 0 Å². The summed E-state index contributed by atoms with van der Waals surface area (Å²) in [6, 6.07) is 25.5. The molecule has 0 saturated heterocycles. The minimum absolute atomic E-state index is 0.0506. The number of nitrogens with zero attached hydrogens (tertiary/aromatic N) is 1. The van der Waals surface area contributed by atoms with Gasteiger partial charge in [-0.3, -0.25) is 19.3 Å². The number of carbonyl (C=O) groups excluding carboxylic acids is 2. The van der Waals surface area contributed by atoms with Crippen LogP contribution in [0.1, 0.15) is 22.7 Å². The summed E-state index contributed by atoms with van der Waals surface area (Å²) in [7, 11) is 0. The molecule has 0 aliphatic heterocycles. The Kier molecular flexibility index (Phi) is 8.73. The number of esters is 2. The van der Waals surface area contributed by atoms with Crippen LogP contribution in [0.2, 0.25) is 0 Å². The smallest absolute Gasteiger partial charge is 0.325 e.